The molecule has 0 amide bonds. The topological polar surface area (TPSA) is 37.3 Å². The van der Waals surface area contributed by atoms with Crippen LogP contribution in [0, 0.1) is 5.92 Å². The maximum absolute atomic E-state index is 11.1. The number of aliphatic hydroxyl groups excluding tert-OH is 1. The second kappa shape index (κ2) is 3.93. The third-order valence-electron chi connectivity index (χ3n) is 2.79. The van der Waals surface area contributed by atoms with Crippen LogP contribution in [-0.2, 0) is 11.2 Å². The fourth-order valence-corrected chi connectivity index (χ4v) is 2.05. The summed E-state index contributed by atoms with van der Waals surface area (Å²) >= 11 is 0. The van der Waals surface area contributed by atoms with Gasteiger partial charge in [-0.3, -0.25) is 4.79 Å². The van der Waals surface area contributed by atoms with Crippen LogP contribution in [0.3, 0.4) is 0 Å². The predicted molar refractivity (Wildman–Crippen MR) is 53.9 cm³/mol. The molecule has 2 nitrogen and oxygen atoms in total. The fraction of sp³-hybridized carbons (Fsp3) is 0.417. The van der Waals surface area contributed by atoms with E-state index in [2.05, 4.69) is 12.1 Å². The van der Waals surface area contributed by atoms with Gasteiger partial charge in [0, 0.05) is 6.42 Å². The van der Waals surface area contributed by atoms with E-state index >= 15 is 0 Å². The molecule has 74 valence electrons. The van der Waals surface area contributed by atoms with Crippen molar-refractivity contribution in [3.8, 4) is 0 Å². The summed E-state index contributed by atoms with van der Waals surface area (Å²) in [5.74, 6) is 0.339. The van der Waals surface area contributed by atoms with Crippen LogP contribution in [0.15, 0.2) is 30.3 Å². The van der Waals surface area contributed by atoms with Gasteiger partial charge in [-0.15, -0.1) is 0 Å². The Bertz CT molecular complexity index is 318. The van der Waals surface area contributed by atoms with Gasteiger partial charge in [0.2, 0.25) is 0 Å². The van der Waals surface area contributed by atoms with Crippen LogP contribution in [-0.4, -0.2) is 17.0 Å². The van der Waals surface area contributed by atoms with Crippen LogP contribution >= 0.6 is 0 Å². The number of carbonyl (C=O) groups excluding carboxylic acids is 1. The van der Waals surface area contributed by atoms with Crippen LogP contribution < -0.4 is 0 Å². The lowest BCUT2D eigenvalue weighted by Gasteiger charge is -2.07. The van der Waals surface area contributed by atoms with Crippen molar-refractivity contribution < 1.29 is 9.90 Å². The quantitative estimate of drug-likeness (QED) is 0.768. The molecule has 1 aromatic carbocycles. The molecule has 2 rings (SSSR count). The average molecular weight is 190 g/mol. The summed E-state index contributed by atoms with van der Waals surface area (Å²) in [6.07, 6.45) is 1.37. The smallest absolute Gasteiger partial charge is 0.161 e. The first-order valence-electron chi connectivity index (χ1n) is 5.00. The highest BCUT2D eigenvalue weighted by molar-refractivity contribution is 5.85. The van der Waals surface area contributed by atoms with Gasteiger partial charge in [0.15, 0.2) is 5.78 Å². The fourth-order valence-electron chi connectivity index (χ4n) is 2.05. The van der Waals surface area contributed by atoms with E-state index in [4.69, 9.17) is 0 Å². The van der Waals surface area contributed by atoms with Gasteiger partial charge in [-0.25, -0.2) is 0 Å². The Balaban J connectivity index is 1.97. The van der Waals surface area contributed by atoms with Crippen molar-refractivity contribution in [2.24, 2.45) is 5.92 Å². The number of rotatable bonds is 2. The lowest BCUT2D eigenvalue weighted by atomic mass is 9.98. The molecule has 0 spiro atoms. The minimum absolute atomic E-state index is 0.00549. The highest BCUT2D eigenvalue weighted by Gasteiger charge is 2.30. The molecule has 0 heterocycles. The Morgan fingerprint density at radius 3 is 2.57 bits per heavy atom. The van der Waals surface area contributed by atoms with Gasteiger partial charge in [-0.1, -0.05) is 30.3 Å². The molecule has 0 bridgehead atoms. The van der Waals surface area contributed by atoms with Crippen LogP contribution in [0.1, 0.15) is 18.4 Å². The standard InChI is InChI=1S/C12H14O2/c13-11-7-10(8-12(11)14)6-9-4-2-1-3-5-9/h1-5,10-11,13H,6-8H2. The zero-order valence-corrected chi connectivity index (χ0v) is 8.02. The molecular weight excluding hydrogens is 176 g/mol. The van der Waals surface area contributed by atoms with Gasteiger partial charge >= 0.3 is 0 Å². The van der Waals surface area contributed by atoms with E-state index in [0.717, 1.165) is 6.42 Å². The van der Waals surface area contributed by atoms with Gasteiger partial charge in [0.05, 0.1) is 0 Å². The second-order valence-corrected chi connectivity index (χ2v) is 3.98. The monoisotopic (exact) mass is 190 g/mol. The van der Waals surface area contributed by atoms with Crippen molar-refractivity contribution in [1.29, 1.82) is 0 Å². The van der Waals surface area contributed by atoms with Crippen molar-refractivity contribution in [3.63, 3.8) is 0 Å². The first kappa shape index (κ1) is 9.41. The maximum Gasteiger partial charge on any atom is 0.161 e. The largest absolute Gasteiger partial charge is 0.385 e. The van der Waals surface area contributed by atoms with Crippen LogP contribution in [0.5, 0.6) is 0 Å². The van der Waals surface area contributed by atoms with Gasteiger partial charge in [-0.05, 0) is 24.3 Å². The van der Waals surface area contributed by atoms with Crippen molar-refractivity contribution in [2.45, 2.75) is 25.4 Å². The molecule has 14 heavy (non-hydrogen) atoms. The van der Waals surface area contributed by atoms with Crippen molar-refractivity contribution in [1.82, 2.24) is 0 Å². The zero-order valence-electron chi connectivity index (χ0n) is 8.02. The predicted octanol–water partition coefficient (Wildman–Crippen LogP) is 1.57. The first-order chi connectivity index (χ1) is 6.75. The number of ketones is 1. The minimum Gasteiger partial charge on any atom is -0.385 e. The molecule has 0 aliphatic heterocycles. The van der Waals surface area contributed by atoms with E-state index in [1.54, 1.807) is 0 Å². The molecule has 1 aromatic rings. The molecule has 0 radical (unpaired) electrons. The van der Waals surface area contributed by atoms with Crippen molar-refractivity contribution >= 4 is 5.78 Å². The molecular formula is C12H14O2. The number of hydrogen-bond donors (Lipinski definition) is 1. The summed E-state index contributed by atoms with van der Waals surface area (Å²) < 4.78 is 0. The van der Waals surface area contributed by atoms with Crippen molar-refractivity contribution in [3.05, 3.63) is 35.9 Å². The number of carbonyl (C=O) groups is 1. The van der Waals surface area contributed by atoms with E-state index < -0.39 is 6.10 Å². The maximum atomic E-state index is 11.1. The molecule has 1 saturated carbocycles. The summed E-state index contributed by atoms with van der Waals surface area (Å²) in [6.45, 7) is 0. The summed E-state index contributed by atoms with van der Waals surface area (Å²) in [6, 6.07) is 10.1. The van der Waals surface area contributed by atoms with E-state index in [0.29, 0.717) is 18.8 Å². The highest BCUT2D eigenvalue weighted by Crippen LogP contribution is 2.25. The van der Waals surface area contributed by atoms with Gasteiger partial charge in [-0.2, -0.15) is 0 Å². The molecule has 0 saturated heterocycles. The number of aliphatic hydroxyl groups is 1. The van der Waals surface area contributed by atoms with E-state index in [9.17, 15) is 9.90 Å². The Kier molecular flexibility index (Phi) is 2.64. The van der Waals surface area contributed by atoms with Gasteiger partial charge < -0.3 is 5.11 Å². The summed E-state index contributed by atoms with van der Waals surface area (Å²) in [7, 11) is 0. The van der Waals surface area contributed by atoms with Crippen molar-refractivity contribution in [2.75, 3.05) is 0 Å². The lowest BCUT2D eigenvalue weighted by molar-refractivity contribution is -0.124. The first-order valence-corrected chi connectivity index (χ1v) is 5.00. The van der Waals surface area contributed by atoms with Crippen LogP contribution in [0.4, 0.5) is 0 Å². The molecule has 2 atom stereocenters. The molecule has 0 aromatic heterocycles. The molecule has 2 heteroatoms. The Morgan fingerprint density at radius 1 is 1.29 bits per heavy atom. The molecule has 1 aliphatic carbocycles. The van der Waals surface area contributed by atoms with Crippen LogP contribution in [0.25, 0.3) is 0 Å². The second-order valence-electron chi connectivity index (χ2n) is 3.98. The average Bonchev–Trinajstić information content (AvgIpc) is 2.47. The number of hydrogen-bond acceptors (Lipinski definition) is 2. The van der Waals surface area contributed by atoms with Crippen LogP contribution in [0.2, 0.25) is 0 Å². The summed E-state index contributed by atoms with van der Waals surface area (Å²) in [5, 5.41) is 9.30. The molecule has 1 fully saturated rings. The summed E-state index contributed by atoms with van der Waals surface area (Å²) in [5.41, 5.74) is 1.25. The Hall–Kier alpha value is -1.15. The van der Waals surface area contributed by atoms with E-state index in [1.807, 2.05) is 18.2 Å². The zero-order chi connectivity index (χ0) is 9.97. The normalized spacial score (nSPS) is 26.8. The highest BCUT2D eigenvalue weighted by atomic mass is 16.3. The van der Waals surface area contributed by atoms with E-state index in [1.165, 1.54) is 5.56 Å². The van der Waals surface area contributed by atoms with E-state index in [-0.39, 0.29) is 5.78 Å². The molecule has 2 unspecified atom stereocenters. The SMILES string of the molecule is O=C1CC(Cc2ccccc2)CC1O. The molecule has 1 N–H and O–H groups in total. The Morgan fingerprint density at radius 2 is 2.00 bits per heavy atom. The third-order valence-corrected chi connectivity index (χ3v) is 2.79. The minimum atomic E-state index is -0.705. The Labute approximate surface area is 83.6 Å². The number of Topliss-reactive ketones (excluding diaryl/α,β-unsaturated/α-hetero) is 1. The van der Waals surface area contributed by atoms with Gasteiger partial charge in [0.25, 0.3) is 0 Å². The number of benzene rings is 1. The van der Waals surface area contributed by atoms with Gasteiger partial charge in [0.1, 0.15) is 6.10 Å². The third kappa shape index (κ3) is 2.02. The summed E-state index contributed by atoms with van der Waals surface area (Å²) in [4.78, 5) is 11.1. The lowest BCUT2D eigenvalue weighted by Crippen LogP contribution is -2.10. The molecule has 1 aliphatic rings.